The molecule has 5 heteroatoms. The first-order valence-corrected chi connectivity index (χ1v) is 7.57. The van der Waals surface area contributed by atoms with Crippen molar-refractivity contribution in [2.24, 2.45) is 0 Å². The van der Waals surface area contributed by atoms with Gasteiger partial charge in [0.15, 0.2) is 0 Å². The topological polar surface area (TPSA) is 19.4 Å². The molecule has 0 spiro atoms. The highest BCUT2D eigenvalue weighted by Crippen LogP contribution is 2.30. The maximum absolute atomic E-state index is 13.2. The predicted octanol–water partition coefficient (Wildman–Crippen LogP) is 2.97. The summed E-state index contributed by atoms with van der Waals surface area (Å²) in [4.78, 5) is 4.81. The van der Waals surface area contributed by atoms with Gasteiger partial charge in [-0.2, -0.15) is 4.37 Å². The molecule has 1 aliphatic heterocycles. The molecule has 0 saturated carbocycles. The van der Waals surface area contributed by atoms with Crippen molar-refractivity contribution >= 4 is 27.4 Å². The standard InChI is InChI=1S/C14H18FN3S/c1-2-5-17-6-8-18(9-7-17)14-12-4-3-11(15)10-13(12)19-16-14/h3-4,10H,2,5-9H2,1H3. The van der Waals surface area contributed by atoms with Gasteiger partial charge in [0.25, 0.3) is 0 Å². The fraction of sp³-hybridized carbons (Fsp3) is 0.500. The van der Waals surface area contributed by atoms with Crippen molar-refractivity contribution in [2.75, 3.05) is 37.6 Å². The minimum atomic E-state index is -0.185. The van der Waals surface area contributed by atoms with E-state index in [2.05, 4.69) is 21.1 Å². The second kappa shape index (κ2) is 5.43. The summed E-state index contributed by atoms with van der Waals surface area (Å²) in [5.74, 6) is 0.839. The predicted molar refractivity (Wildman–Crippen MR) is 78.5 cm³/mol. The van der Waals surface area contributed by atoms with E-state index in [0.29, 0.717) is 0 Å². The van der Waals surface area contributed by atoms with Crippen molar-refractivity contribution in [1.82, 2.24) is 9.27 Å². The van der Waals surface area contributed by atoms with E-state index in [4.69, 9.17) is 0 Å². The number of anilines is 1. The average Bonchev–Trinajstić information content (AvgIpc) is 2.83. The highest BCUT2D eigenvalue weighted by Gasteiger charge is 2.20. The van der Waals surface area contributed by atoms with Crippen LogP contribution in [-0.4, -0.2) is 42.0 Å². The van der Waals surface area contributed by atoms with Crippen LogP contribution in [-0.2, 0) is 0 Å². The Hall–Kier alpha value is -1.20. The molecular weight excluding hydrogens is 261 g/mol. The van der Waals surface area contributed by atoms with Crippen molar-refractivity contribution in [2.45, 2.75) is 13.3 Å². The van der Waals surface area contributed by atoms with Crippen LogP contribution in [0.2, 0.25) is 0 Å². The van der Waals surface area contributed by atoms with Crippen molar-refractivity contribution in [3.8, 4) is 0 Å². The average molecular weight is 279 g/mol. The lowest BCUT2D eigenvalue weighted by Gasteiger charge is -2.34. The minimum Gasteiger partial charge on any atom is -0.353 e. The van der Waals surface area contributed by atoms with Crippen LogP contribution in [0.25, 0.3) is 10.1 Å². The molecule has 0 N–H and O–H groups in total. The second-order valence-electron chi connectivity index (χ2n) is 4.98. The van der Waals surface area contributed by atoms with E-state index in [1.807, 2.05) is 6.07 Å². The molecule has 2 aromatic rings. The Kier molecular flexibility index (Phi) is 3.66. The molecule has 2 heterocycles. The first kappa shape index (κ1) is 12.8. The lowest BCUT2D eigenvalue weighted by molar-refractivity contribution is 0.258. The number of halogens is 1. The maximum Gasteiger partial charge on any atom is 0.150 e. The van der Waals surface area contributed by atoms with Crippen molar-refractivity contribution in [3.63, 3.8) is 0 Å². The zero-order valence-corrected chi connectivity index (χ0v) is 11.9. The molecule has 1 fully saturated rings. The third kappa shape index (κ3) is 2.58. The lowest BCUT2D eigenvalue weighted by atomic mass is 10.2. The van der Waals surface area contributed by atoms with E-state index in [9.17, 15) is 4.39 Å². The molecule has 0 radical (unpaired) electrons. The van der Waals surface area contributed by atoms with E-state index in [1.165, 1.54) is 30.6 Å². The molecule has 0 amide bonds. The zero-order valence-electron chi connectivity index (χ0n) is 11.1. The molecule has 0 unspecified atom stereocenters. The summed E-state index contributed by atoms with van der Waals surface area (Å²) < 4.78 is 18.6. The Bertz CT molecular complexity index is 561. The van der Waals surface area contributed by atoms with E-state index in [-0.39, 0.29) is 5.82 Å². The molecule has 0 atom stereocenters. The van der Waals surface area contributed by atoms with E-state index in [1.54, 1.807) is 6.07 Å². The molecule has 102 valence electrons. The maximum atomic E-state index is 13.2. The number of aromatic nitrogens is 1. The van der Waals surface area contributed by atoms with Crippen molar-refractivity contribution in [3.05, 3.63) is 24.0 Å². The Labute approximate surface area is 116 Å². The summed E-state index contributed by atoms with van der Waals surface area (Å²) in [5, 5.41) is 1.08. The van der Waals surface area contributed by atoms with Crippen LogP contribution in [0.4, 0.5) is 10.2 Å². The number of nitrogens with zero attached hydrogens (tertiary/aromatic N) is 3. The molecule has 1 aromatic carbocycles. The zero-order chi connectivity index (χ0) is 13.2. The van der Waals surface area contributed by atoms with E-state index < -0.39 is 0 Å². The van der Waals surface area contributed by atoms with Gasteiger partial charge in [0, 0.05) is 31.6 Å². The number of fused-ring (bicyclic) bond motifs is 1. The third-order valence-corrected chi connectivity index (χ3v) is 4.43. The van der Waals surface area contributed by atoms with Crippen LogP contribution in [0.1, 0.15) is 13.3 Å². The molecule has 1 aromatic heterocycles. The van der Waals surface area contributed by atoms with Crippen LogP contribution in [0.5, 0.6) is 0 Å². The Morgan fingerprint density at radius 2 is 2.05 bits per heavy atom. The first-order valence-electron chi connectivity index (χ1n) is 6.80. The summed E-state index contributed by atoms with van der Waals surface area (Å²) in [6, 6.07) is 4.94. The van der Waals surface area contributed by atoms with Crippen LogP contribution in [0, 0.1) is 5.82 Å². The second-order valence-corrected chi connectivity index (χ2v) is 5.78. The van der Waals surface area contributed by atoms with Crippen molar-refractivity contribution in [1.29, 1.82) is 0 Å². The van der Waals surface area contributed by atoms with Crippen LogP contribution in [0.15, 0.2) is 18.2 Å². The van der Waals surface area contributed by atoms with Gasteiger partial charge in [-0.15, -0.1) is 0 Å². The van der Waals surface area contributed by atoms with E-state index >= 15 is 0 Å². The van der Waals surface area contributed by atoms with Gasteiger partial charge in [-0.1, -0.05) is 6.92 Å². The number of hydrogen-bond acceptors (Lipinski definition) is 4. The molecule has 3 rings (SSSR count). The summed E-state index contributed by atoms with van der Waals surface area (Å²) in [6.45, 7) is 7.60. The largest absolute Gasteiger partial charge is 0.353 e. The Balaban J connectivity index is 1.78. The molecule has 19 heavy (non-hydrogen) atoms. The summed E-state index contributed by atoms with van der Waals surface area (Å²) in [5.41, 5.74) is 0. The Morgan fingerprint density at radius 1 is 1.26 bits per heavy atom. The number of benzene rings is 1. The lowest BCUT2D eigenvalue weighted by Crippen LogP contribution is -2.46. The first-order chi connectivity index (χ1) is 9.28. The highest BCUT2D eigenvalue weighted by atomic mass is 32.1. The van der Waals surface area contributed by atoms with Gasteiger partial charge in [-0.3, -0.25) is 4.90 Å². The fourth-order valence-electron chi connectivity index (χ4n) is 2.63. The summed E-state index contributed by atoms with van der Waals surface area (Å²) in [7, 11) is 0. The quantitative estimate of drug-likeness (QED) is 0.861. The smallest absolute Gasteiger partial charge is 0.150 e. The molecule has 1 aliphatic rings. The van der Waals surface area contributed by atoms with Crippen molar-refractivity contribution < 1.29 is 4.39 Å². The van der Waals surface area contributed by atoms with Gasteiger partial charge in [0.1, 0.15) is 11.6 Å². The fourth-order valence-corrected chi connectivity index (χ4v) is 3.45. The van der Waals surface area contributed by atoms with Gasteiger partial charge >= 0.3 is 0 Å². The summed E-state index contributed by atoms with van der Waals surface area (Å²) in [6.07, 6.45) is 1.21. The number of hydrogen-bond donors (Lipinski definition) is 0. The highest BCUT2D eigenvalue weighted by molar-refractivity contribution is 7.13. The van der Waals surface area contributed by atoms with E-state index in [0.717, 1.165) is 42.1 Å². The Morgan fingerprint density at radius 3 is 2.79 bits per heavy atom. The molecular formula is C14H18FN3S. The minimum absolute atomic E-state index is 0.185. The molecule has 0 aliphatic carbocycles. The number of piperazine rings is 1. The van der Waals surface area contributed by atoms with Gasteiger partial charge in [-0.05, 0) is 42.7 Å². The summed E-state index contributed by atoms with van der Waals surface area (Å²) >= 11 is 1.39. The van der Waals surface area contributed by atoms with Gasteiger partial charge in [0.05, 0.1) is 4.70 Å². The van der Waals surface area contributed by atoms with Gasteiger partial charge in [-0.25, -0.2) is 4.39 Å². The normalized spacial score (nSPS) is 17.3. The SMILES string of the molecule is CCCN1CCN(c2nsc3cc(F)ccc23)CC1. The monoisotopic (exact) mass is 279 g/mol. The molecule has 0 bridgehead atoms. The van der Waals surface area contributed by atoms with Crippen LogP contribution < -0.4 is 4.90 Å². The number of rotatable bonds is 3. The van der Waals surface area contributed by atoms with Crippen LogP contribution in [0.3, 0.4) is 0 Å². The third-order valence-electron chi connectivity index (χ3n) is 3.63. The van der Waals surface area contributed by atoms with Gasteiger partial charge in [0.2, 0.25) is 0 Å². The molecule has 1 saturated heterocycles. The van der Waals surface area contributed by atoms with Crippen LogP contribution >= 0.6 is 11.5 Å². The molecule has 3 nitrogen and oxygen atoms in total. The van der Waals surface area contributed by atoms with Gasteiger partial charge < -0.3 is 4.90 Å².